The van der Waals surface area contributed by atoms with Crippen molar-refractivity contribution < 1.29 is 8.42 Å². The van der Waals surface area contributed by atoms with Crippen molar-refractivity contribution in [3.05, 3.63) is 23.2 Å². The predicted octanol–water partition coefficient (Wildman–Crippen LogP) is 2.39. The summed E-state index contributed by atoms with van der Waals surface area (Å²) in [7, 11) is -3.41. The molecule has 0 atom stereocenters. The van der Waals surface area contributed by atoms with Crippen LogP contribution in [0.4, 0.5) is 5.69 Å². The van der Waals surface area contributed by atoms with Crippen LogP contribution in [0.15, 0.2) is 23.1 Å². The molecule has 0 unspecified atom stereocenters. The van der Waals surface area contributed by atoms with Gasteiger partial charge in [0.25, 0.3) is 0 Å². The lowest BCUT2D eigenvalue weighted by Gasteiger charge is -2.12. The fourth-order valence-electron chi connectivity index (χ4n) is 1.90. The third kappa shape index (κ3) is 2.60. The van der Waals surface area contributed by atoms with Gasteiger partial charge in [-0.25, -0.2) is 8.42 Å². The molecule has 0 heterocycles. The minimum absolute atomic E-state index is 0.00775. The molecule has 6 heteroatoms. The lowest BCUT2D eigenvalue weighted by molar-refractivity contribution is 0.548. The smallest absolute Gasteiger partial charge is 0.179 e. The van der Waals surface area contributed by atoms with Crippen molar-refractivity contribution in [2.24, 2.45) is 5.41 Å². The topological polar surface area (TPSA) is 84.0 Å². The van der Waals surface area contributed by atoms with E-state index in [0.29, 0.717) is 5.69 Å². The van der Waals surface area contributed by atoms with E-state index in [1.165, 1.54) is 18.2 Å². The zero-order valence-corrected chi connectivity index (χ0v) is 11.3. The zero-order chi connectivity index (χ0) is 13.4. The van der Waals surface area contributed by atoms with Crippen LogP contribution in [0.5, 0.6) is 0 Å². The zero-order valence-electron chi connectivity index (χ0n) is 9.69. The van der Waals surface area contributed by atoms with Gasteiger partial charge in [-0.05, 0) is 36.5 Å². The highest BCUT2D eigenvalue weighted by atomic mass is 35.5. The largest absolute Gasteiger partial charge is 0.398 e. The molecule has 1 aromatic carbocycles. The molecule has 2 N–H and O–H groups in total. The van der Waals surface area contributed by atoms with Crippen LogP contribution in [0.3, 0.4) is 0 Å². The molecule has 1 aliphatic rings. The van der Waals surface area contributed by atoms with E-state index in [1.54, 1.807) is 0 Å². The van der Waals surface area contributed by atoms with Gasteiger partial charge in [-0.1, -0.05) is 11.6 Å². The number of hydrogen-bond donors (Lipinski definition) is 1. The van der Waals surface area contributed by atoms with Crippen molar-refractivity contribution in [2.45, 2.75) is 24.2 Å². The summed E-state index contributed by atoms with van der Waals surface area (Å²) in [5.74, 6) is 0.00775. The summed E-state index contributed by atoms with van der Waals surface area (Å²) < 4.78 is 24.4. The van der Waals surface area contributed by atoms with Crippen LogP contribution in [0, 0.1) is 16.7 Å². The third-order valence-electron chi connectivity index (χ3n) is 3.24. The van der Waals surface area contributed by atoms with Gasteiger partial charge in [0.1, 0.15) is 0 Å². The summed E-state index contributed by atoms with van der Waals surface area (Å²) in [5.41, 5.74) is 5.56. The van der Waals surface area contributed by atoms with E-state index in [9.17, 15) is 8.42 Å². The van der Waals surface area contributed by atoms with Gasteiger partial charge in [-0.2, -0.15) is 5.26 Å². The first-order valence-electron chi connectivity index (χ1n) is 5.53. The SMILES string of the molecule is N#CCC1(CS(=O)(=O)c2ccc(N)c(Cl)c2)CC1. The van der Waals surface area contributed by atoms with Gasteiger partial charge in [0.05, 0.1) is 27.4 Å². The van der Waals surface area contributed by atoms with Crippen LogP contribution in [-0.4, -0.2) is 14.2 Å². The molecule has 0 aliphatic heterocycles. The quantitative estimate of drug-likeness (QED) is 0.861. The first-order valence-corrected chi connectivity index (χ1v) is 7.56. The Hall–Kier alpha value is -1.25. The predicted molar refractivity (Wildman–Crippen MR) is 69.8 cm³/mol. The van der Waals surface area contributed by atoms with Gasteiger partial charge >= 0.3 is 0 Å². The van der Waals surface area contributed by atoms with Crippen molar-refractivity contribution in [1.82, 2.24) is 0 Å². The molecule has 2 rings (SSSR count). The first-order chi connectivity index (χ1) is 8.38. The van der Waals surface area contributed by atoms with Crippen LogP contribution >= 0.6 is 11.6 Å². The Morgan fingerprint density at radius 1 is 1.44 bits per heavy atom. The standard InChI is InChI=1S/C12H13ClN2O2S/c13-10-7-9(1-2-11(10)15)18(16,17)8-12(3-4-12)5-6-14/h1-2,7H,3-5,8,15H2. The number of nitrogen functional groups attached to an aromatic ring is 1. The average Bonchev–Trinajstić information content (AvgIpc) is 3.01. The van der Waals surface area contributed by atoms with Crippen LogP contribution in [-0.2, 0) is 9.84 Å². The molecular weight excluding hydrogens is 272 g/mol. The van der Waals surface area contributed by atoms with Gasteiger partial charge in [0.15, 0.2) is 9.84 Å². The minimum Gasteiger partial charge on any atom is -0.398 e. The van der Waals surface area contributed by atoms with E-state index in [4.69, 9.17) is 22.6 Å². The van der Waals surface area contributed by atoms with Crippen molar-refractivity contribution in [1.29, 1.82) is 5.26 Å². The summed E-state index contributed by atoms with van der Waals surface area (Å²) in [6.07, 6.45) is 1.87. The highest BCUT2D eigenvalue weighted by molar-refractivity contribution is 7.91. The maximum absolute atomic E-state index is 12.2. The number of rotatable bonds is 4. The van der Waals surface area contributed by atoms with E-state index < -0.39 is 9.84 Å². The minimum atomic E-state index is -3.41. The van der Waals surface area contributed by atoms with E-state index in [1.807, 2.05) is 0 Å². The number of nitrogens with zero attached hydrogens (tertiary/aromatic N) is 1. The maximum Gasteiger partial charge on any atom is 0.179 e. The van der Waals surface area contributed by atoms with Crippen molar-refractivity contribution in [2.75, 3.05) is 11.5 Å². The number of halogens is 1. The molecule has 0 radical (unpaired) electrons. The highest BCUT2D eigenvalue weighted by Crippen LogP contribution is 2.50. The van der Waals surface area contributed by atoms with Crippen LogP contribution in [0.2, 0.25) is 5.02 Å². The fourth-order valence-corrected chi connectivity index (χ4v) is 4.09. The Morgan fingerprint density at radius 2 is 2.11 bits per heavy atom. The molecule has 1 saturated carbocycles. The number of hydrogen-bond acceptors (Lipinski definition) is 4. The lowest BCUT2D eigenvalue weighted by atomic mass is 10.1. The number of benzene rings is 1. The molecule has 1 aromatic rings. The van der Waals surface area contributed by atoms with Crippen LogP contribution in [0.25, 0.3) is 0 Å². The Morgan fingerprint density at radius 3 is 2.61 bits per heavy atom. The molecule has 1 aliphatic carbocycles. The lowest BCUT2D eigenvalue weighted by Crippen LogP contribution is -2.17. The third-order valence-corrected chi connectivity index (χ3v) is 5.53. The number of nitriles is 1. The molecule has 0 bridgehead atoms. The van der Waals surface area contributed by atoms with E-state index in [0.717, 1.165) is 12.8 Å². The van der Waals surface area contributed by atoms with Gasteiger partial charge in [0, 0.05) is 6.42 Å². The summed E-state index contributed by atoms with van der Waals surface area (Å²) >= 11 is 5.83. The molecule has 0 saturated heterocycles. The molecule has 0 aromatic heterocycles. The van der Waals surface area contributed by atoms with Gasteiger partial charge in [-0.3, -0.25) is 0 Å². The second-order valence-corrected chi connectivity index (χ2v) is 7.17. The van der Waals surface area contributed by atoms with Crippen LogP contribution < -0.4 is 5.73 Å². The normalized spacial score (nSPS) is 17.1. The number of sulfone groups is 1. The van der Waals surface area contributed by atoms with Gasteiger partial charge in [-0.15, -0.1) is 0 Å². The monoisotopic (exact) mass is 284 g/mol. The Balaban J connectivity index is 2.26. The van der Waals surface area contributed by atoms with E-state index in [2.05, 4.69) is 6.07 Å². The second kappa shape index (κ2) is 4.45. The van der Waals surface area contributed by atoms with E-state index in [-0.39, 0.29) is 27.5 Å². The average molecular weight is 285 g/mol. The molecule has 0 amide bonds. The molecule has 96 valence electrons. The first kappa shape index (κ1) is 13.2. The molecular formula is C12H13ClN2O2S. The van der Waals surface area contributed by atoms with Crippen LogP contribution in [0.1, 0.15) is 19.3 Å². The second-order valence-electron chi connectivity index (χ2n) is 4.78. The molecule has 18 heavy (non-hydrogen) atoms. The summed E-state index contributed by atoms with van der Waals surface area (Å²) in [4.78, 5) is 0.172. The highest BCUT2D eigenvalue weighted by Gasteiger charge is 2.46. The molecule has 0 spiro atoms. The van der Waals surface area contributed by atoms with E-state index >= 15 is 0 Å². The van der Waals surface area contributed by atoms with Crippen molar-refractivity contribution in [3.63, 3.8) is 0 Å². The van der Waals surface area contributed by atoms with Crippen molar-refractivity contribution in [3.8, 4) is 6.07 Å². The molecule has 4 nitrogen and oxygen atoms in total. The summed E-state index contributed by atoms with van der Waals surface area (Å²) in [6, 6.07) is 6.37. The maximum atomic E-state index is 12.2. The summed E-state index contributed by atoms with van der Waals surface area (Å²) in [5, 5.41) is 8.94. The fraction of sp³-hybridized carbons (Fsp3) is 0.417. The summed E-state index contributed by atoms with van der Waals surface area (Å²) in [6.45, 7) is 0. The van der Waals surface area contributed by atoms with Crippen molar-refractivity contribution >= 4 is 27.1 Å². The number of nitrogens with two attached hydrogens (primary N) is 1. The molecule has 1 fully saturated rings. The van der Waals surface area contributed by atoms with Gasteiger partial charge in [0.2, 0.25) is 0 Å². The Bertz CT molecular complexity index is 615. The number of anilines is 1. The Kier molecular flexibility index (Phi) is 3.26. The Labute approximate surface area is 111 Å². The van der Waals surface area contributed by atoms with Gasteiger partial charge < -0.3 is 5.73 Å².